The van der Waals surface area contributed by atoms with Crippen LogP contribution in [0, 0.1) is 10.1 Å². The Bertz CT molecular complexity index is 1050. The van der Waals surface area contributed by atoms with Gasteiger partial charge in [0.2, 0.25) is 11.7 Å². The van der Waals surface area contributed by atoms with Gasteiger partial charge in [-0.3, -0.25) is 14.9 Å². The molecule has 162 valence electrons. The van der Waals surface area contributed by atoms with Gasteiger partial charge in [-0.1, -0.05) is 24.2 Å². The number of rotatable bonds is 9. The van der Waals surface area contributed by atoms with Crippen LogP contribution in [0.15, 0.2) is 53.1 Å². The van der Waals surface area contributed by atoms with Crippen LogP contribution in [0.4, 0.5) is 5.69 Å². The van der Waals surface area contributed by atoms with E-state index in [-0.39, 0.29) is 23.5 Å². The van der Waals surface area contributed by atoms with E-state index in [2.05, 4.69) is 10.1 Å². The predicted molar refractivity (Wildman–Crippen MR) is 114 cm³/mol. The van der Waals surface area contributed by atoms with Gasteiger partial charge in [-0.15, -0.1) is 0 Å². The van der Waals surface area contributed by atoms with Crippen molar-refractivity contribution in [2.45, 2.75) is 32.7 Å². The van der Waals surface area contributed by atoms with E-state index in [0.29, 0.717) is 35.7 Å². The number of hydrogen-bond acceptors (Lipinski definition) is 7. The van der Waals surface area contributed by atoms with Crippen LogP contribution in [0.1, 0.15) is 36.5 Å². The molecule has 3 rings (SSSR count). The van der Waals surface area contributed by atoms with Crippen LogP contribution in [0.25, 0.3) is 11.4 Å². The molecule has 0 aliphatic rings. The van der Waals surface area contributed by atoms with Gasteiger partial charge in [0.1, 0.15) is 5.75 Å². The van der Waals surface area contributed by atoms with Crippen LogP contribution in [0.3, 0.4) is 0 Å². The maximum absolute atomic E-state index is 13.0. The smallest absolute Gasteiger partial charge is 0.270 e. The lowest BCUT2D eigenvalue weighted by Crippen LogP contribution is -2.39. The molecule has 0 unspecified atom stereocenters. The second kappa shape index (κ2) is 9.84. The minimum Gasteiger partial charge on any atom is -0.497 e. The first-order valence-electron chi connectivity index (χ1n) is 9.95. The van der Waals surface area contributed by atoms with E-state index >= 15 is 0 Å². The first kappa shape index (κ1) is 21.9. The topological polar surface area (TPSA) is 112 Å². The van der Waals surface area contributed by atoms with Crippen molar-refractivity contribution < 1.29 is 19.0 Å². The fraction of sp³-hybridized carbons (Fsp3) is 0.318. The van der Waals surface area contributed by atoms with Crippen molar-refractivity contribution in [1.82, 2.24) is 15.0 Å². The summed E-state index contributed by atoms with van der Waals surface area (Å²) in [6, 6.07) is 13.1. The molecule has 0 aliphatic carbocycles. The third-order valence-corrected chi connectivity index (χ3v) is 5.07. The first-order valence-corrected chi connectivity index (χ1v) is 9.95. The molecule has 0 N–H and O–H groups in total. The van der Waals surface area contributed by atoms with Crippen LogP contribution < -0.4 is 4.74 Å². The van der Waals surface area contributed by atoms with Gasteiger partial charge in [0, 0.05) is 42.3 Å². The predicted octanol–water partition coefficient (Wildman–Crippen LogP) is 4.14. The second-order valence-corrected chi connectivity index (χ2v) is 7.05. The Morgan fingerprint density at radius 2 is 2.00 bits per heavy atom. The maximum Gasteiger partial charge on any atom is 0.270 e. The van der Waals surface area contributed by atoms with E-state index in [1.807, 2.05) is 13.8 Å². The van der Waals surface area contributed by atoms with Crippen LogP contribution in [0.2, 0.25) is 0 Å². The lowest BCUT2D eigenvalue weighted by molar-refractivity contribution is -0.384. The van der Waals surface area contributed by atoms with Gasteiger partial charge in [0.15, 0.2) is 0 Å². The highest BCUT2D eigenvalue weighted by Gasteiger charge is 2.22. The number of carbonyl (C=O) groups is 1. The summed E-state index contributed by atoms with van der Waals surface area (Å²) in [7, 11) is 1.58. The molecule has 0 saturated carbocycles. The first-order chi connectivity index (χ1) is 14.9. The van der Waals surface area contributed by atoms with Gasteiger partial charge in [0.05, 0.1) is 12.0 Å². The largest absolute Gasteiger partial charge is 0.497 e. The number of benzene rings is 2. The van der Waals surface area contributed by atoms with E-state index in [0.717, 1.165) is 6.42 Å². The summed E-state index contributed by atoms with van der Waals surface area (Å²) in [6.07, 6.45) is 1.17. The number of nitrogens with zero attached hydrogens (tertiary/aromatic N) is 4. The quantitative estimate of drug-likeness (QED) is 0.375. The molecule has 0 spiro atoms. The fourth-order valence-electron chi connectivity index (χ4n) is 3.09. The zero-order valence-electron chi connectivity index (χ0n) is 17.6. The van der Waals surface area contributed by atoms with Crippen molar-refractivity contribution in [3.05, 3.63) is 70.1 Å². The normalized spacial score (nSPS) is 11.7. The number of non-ortho nitro benzene ring substituents is 1. The molecule has 31 heavy (non-hydrogen) atoms. The van der Waals surface area contributed by atoms with Gasteiger partial charge in [0.25, 0.3) is 11.6 Å². The molecule has 1 atom stereocenters. The average molecular weight is 424 g/mol. The van der Waals surface area contributed by atoms with Gasteiger partial charge in [-0.2, -0.15) is 4.98 Å². The molecular weight excluding hydrogens is 400 g/mol. The van der Waals surface area contributed by atoms with Crippen molar-refractivity contribution >= 4 is 11.6 Å². The SMILES string of the molecule is CC[C@@H](C)N(CCc1nc(-c2cccc([N+](=O)[O-])c2)no1)C(=O)c1ccc(OC)cc1. The Morgan fingerprint density at radius 1 is 1.26 bits per heavy atom. The third-order valence-electron chi connectivity index (χ3n) is 5.07. The van der Waals surface area contributed by atoms with Crippen molar-refractivity contribution in [3.63, 3.8) is 0 Å². The standard InChI is InChI=1S/C22H24N4O5/c1-4-15(2)25(22(27)16-8-10-19(30-3)11-9-16)13-12-20-23-21(24-31-20)17-6-5-7-18(14-17)26(28)29/h5-11,14-15H,4,12-13H2,1-3H3/t15-/m1/s1. The summed E-state index contributed by atoms with van der Waals surface area (Å²) in [6.45, 7) is 4.41. The number of nitro groups is 1. The highest BCUT2D eigenvalue weighted by atomic mass is 16.6. The lowest BCUT2D eigenvalue weighted by Gasteiger charge is -2.28. The Balaban J connectivity index is 1.73. The Labute approximate surface area is 179 Å². The summed E-state index contributed by atoms with van der Waals surface area (Å²) in [5.41, 5.74) is 1.03. The zero-order chi connectivity index (χ0) is 22.4. The van der Waals surface area contributed by atoms with Gasteiger partial charge < -0.3 is 14.2 Å². The summed E-state index contributed by atoms with van der Waals surface area (Å²) in [5.74, 6) is 1.23. The lowest BCUT2D eigenvalue weighted by atomic mass is 10.1. The molecule has 1 aromatic heterocycles. The Morgan fingerprint density at radius 3 is 2.65 bits per heavy atom. The number of amides is 1. The Hall–Kier alpha value is -3.75. The molecule has 0 radical (unpaired) electrons. The molecule has 0 aliphatic heterocycles. The number of hydrogen-bond donors (Lipinski definition) is 0. The van der Waals surface area contributed by atoms with Gasteiger partial charge >= 0.3 is 0 Å². The van der Waals surface area contributed by atoms with E-state index in [4.69, 9.17) is 9.26 Å². The van der Waals surface area contributed by atoms with Gasteiger partial charge in [-0.05, 0) is 37.6 Å². The molecule has 1 heterocycles. The third kappa shape index (κ3) is 5.25. The minimum absolute atomic E-state index is 0.0220. The summed E-state index contributed by atoms with van der Waals surface area (Å²) in [4.78, 5) is 29.7. The van der Waals surface area contributed by atoms with Crippen molar-refractivity contribution in [1.29, 1.82) is 0 Å². The second-order valence-electron chi connectivity index (χ2n) is 7.05. The summed E-state index contributed by atoms with van der Waals surface area (Å²) >= 11 is 0. The monoisotopic (exact) mass is 424 g/mol. The van der Waals surface area contributed by atoms with Crippen molar-refractivity contribution in [2.24, 2.45) is 0 Å². The van der Waals surface area contributed by atoms with Gasteiger partial charge in [-0.25, -0.2) is 0 Å². The highest BCUT2D eigenvalue weighted by molar-refractivity contribution is 5.94. The number of nitro benzene ring substituents is 1. The van der Waals surface area contributed by atoms with Crippen molar-refractivity contribution in [2.75, 3.05) is 13.7 Å². The van der Waals surface area contributed by atoms with E-state index < -0.39 is 4.92 Å². The molecule has 9 nitrogen and oxygen atoms in total. The highest BCUT2D eigenvalue weighted by Crippen LogP contribution is 2.22. The molecule has 9 heteroatoms. The molecule has 1 amide bonds. The van der Waals surface area contributed by atoms with Crippen LogP contribution >= 0.6 is 0 Å². The van der Waals surface area contributed by atoms with E-state index in [1.54, 1.807) is 48.4 Å². The Kier molecular flexibility index (Phi) is 6.96. The molecule has 0 bridgehead atoms. The van der Waals surface area contributed by atoms with Crippen LogP contribution in [-0.4, -0.2) is 45.6 Å². The minimum atomic E-state index is -0.473. The average Bonchev–Trinajstić information content (AvgIpc) is 3.28. The summed E-state index contributed by atoms with van der Waals surface area (Å²) in [5, 5.41) is 14.9. The van der Waals surface area contributed by atoms with E-state index in [9.17, 15) is 14.9 Å². The number of ether oxygens (including phenoxy) is 1. The number of carbonyl (C=O) groups excluding carboxylic acids is 1. The molecule has 0 saturated heterocycles. The van der Waals surface area contributed by atoms with Crippen molar-refractivity contribution in [3.8, 4) is 17.1 Å². The molecule has 3 aromatic rings. The maximum atomic E-state index is 13.0. The van der Waals surface area contributed by atoms with Crippen LogP contribution in [0.5, 0.6) is 5.75 Å². The molecule has 0 fully saturated rings. The van der Waals surface area contributed by atoms with E-state index in [1.165, 1.54) is 12.1 Å². The number of methoxy groups -OCH3 is 1. The fourth-order valence-corrected chi connectivity index (χ4v) is 3.09. The number of aromatic nitrogens is 2. The zero-order valence-corrected chi connectivity index (χ0v) is 17.6. The molecule has 2 aromatic carbocycles. The summed E-state index contributed by atoms with van der Waals surface area (Å²) < 4.78 is 10.5. The van der Waals surface area contributed by atoms with Crippen LogP contribution in [-0.2, 0) is 6.42 Å². The molecular formula is C22H24N4O5.